The van der Waals surface area contributed by atoms with Crippen LogP contribution in [0.3, 0.4) is 0 Å². The number of aliphatic carboxylic acids is 1. The van der Waals surface area contributed by atoms with E-state index in [2.05, 4.69) is 15.1 Å². The van der Waals surface area contributed by atoms with Crippen molar-refractivity contribution in [2.45, 2.75) is 13.0 Å². The summed E-state index contributed by atoms with van der Waals surface area (Å²) in [5.74, 6) is 0.512. The molecule has 6 heteroatoms. The van der Waals surface area contributed by atoms with Crippen molar-refractivity contribution in [1.82, 2.24) is 19.7 Å². The molecule has 0 bridgehead atoms. The van der Waals surface area contributed by atoms with Gasteiger partial charge in [0.15, 0.2) is 0 Å². The fourth-order valence-corrected chi connectivity index (χ4v) is 1.83. The minimum Gasteiger partial charge on any atom is -0.481 e. The highest BCUT2D eigenvalue weighted by Gasteiger charge is 2.29. The third-order valence-electron chi connectivity index (χ3n) is 2.67. The monoisotopic (exact) mass is 210 g/mol. The summed E-state index contributed by atoms with van der Waals surface area (Å²) in [6.07, 6.45) is 1.94. The van der Waals surface area contributed by atoms with Crippen LogP contribution >= 0.6 is 0 Å². The molecule has 1 N–H and O–H groups in total. The van der Waals surface area contributed by atoms with Crippen LogP contribution in [0.4, 0.5) is 0 Å². The standard InChI is InChI=1S/C9H14N4O2/c1-12-6-10-11-8(12)5-13-3-7(4-13)2-9(14)15/h6-7H,2-5H2,1H3,(H,14,15). The van der Waals surface area contributed by atoms with Crippen molar-refractivity contribution in [3.8, 4) is 0 Å². The van der Waals surface area contributed by atoms with Crippen LogP contribution in [0.5, 0.6) is 0 Å². The van der Waals surface area contributed by atoms with Crippen LogP contribution in [-0.2, 0) is 18.4 Å². The van der Waals surface area contributed by atoms with E-state index in [-0.39, 0.29) is 6.42 Å². The molecule has 0 amide bonds. The predicted octanol–water partition coefficient (Wildman–Crippen LogP) is -0.278. The highest BCUT2D eigenvalue weighted by atomic mass is 16.4. The maximum absolute atomic E-state index is 10.4. The van der Waals surface area contributed by atoms with Gasteiger partial charge in [-0.05, 0) is 5.92 Å². The molecule has 1 aromatic rings. The summed E-state index contributed by atoms with van der Waals surface area (Å²) in [5.41, 5.74) is 0. The highest BCUT2D eigenvalue weighted by Crippen LogP contribution is 2.20. The summed E-state index contributed by atoms with van der Waals surface area (Å²) in [6, 6.07) is 0. The van der Waals surface area contributed by atoms with Crippen molar-refractivity contribution in [2.24, 2.45) is 13.0 Å². The Labute approximate surface area is 87.5 Å². The number of likely N-dealkylation sites (tertiary alicyclic amines) is 1. The highest BCUT2D eigenvalue weighted by molar-refractivity contribution is 5.67. The number of hydrogen-bond donors (Lipinski definition) is 1. The summed E-state index contributed by atoms with van der Waals surface area (Å²) in [7, 11) is 1.91. The molecule has 0 radical (unpaired) electrons. The first kappa shape index (κ1) is 10.1. The first-order valence-electron chi connectivity index (χ1n) is 4.92. The molecule has 0 unspecified atom stereocenters. The van der Waals surface area contributed by atoms with E-state index in [0.29, 0.717) is 5.92 Å². The Morgan fingerprint density at radius 2 is 2.40 bits per heavy atom. The van der Waals surface area contributed by atoms with Crippen molar-refractivity contribution in [3.63, 3.8) is 0 Å². The summed E-state index contributed by atoms with van der Waals surface area (Å²) in [6.45, 7) is 2.45. The van der Waals surface area contributed by atoms with Crippen LogP contribution in [-0.4, -0.2) is 43.8 Å². The number of aromatic nitrogens is 3. The topological polar surface area (TPSA) is 71.2 Å². The largest absolute Gasteiger partial charge is 0.481 e. The molecule has 0 spiro atoms. The number of rotatable bonds is 4. The van der Waals surface area contributed by atoms with E-state index in [1.807, 2.05) is 11.6 Å². The van der Waals surface area contributed by atoms with Crippen LogP contribution < -0.4 is 0 Å². The third-order valence-corrected chi connectivity index (χ3v) is 2.67. The van der Waals surface area contributed by atoms with Gasteiger partial charge in [-0.25, -0.2) is 0 Å². The molecule has 1 saturated heterocycles. The maximum Gasteiger partial charge on any atom is 0.303 e. The molecule has 1 aromatic heterocycles. The average Bonchev–Trinajstić information content (AvgIpc) is 2.47. The molecule has 2 rings (SSSR count). The summed E-state index contributed by atoms with van der Waals surface area (Å²) in [5, 5.41) is 16.4. The molecule has 1 aliphatic rings. The Bertz CT molecular complexity index is 357. The van der Waals surface area contributed by atoms with E-state index in [1.54, 1.807) is 6.33 Å². The zero-order valence-electron chi connectivity index (χ0n) is 8.63. The lowest BCUT2D eigenvalue weighted by Crippen LogP contribution is -2.47. The number of aryl methyl sites for hydroxylation is 1. The second-order valence-corrected chi connectivity index (χ2v) is 4.02. The molecule has 15 heavy (non-hydrogen) atoms. The summed E-state index contributed by atoms with van der Waals surface area (Å²) < 4.78 is 1.88. The normalized spacial score (nSPS) is 17.7. The quantitative estimate of drug-likeness (QED) is 0.740. The molecule has 0 aliphatic carbocycles. The van der Waals surface area contributed by atoms with Gasteiger partial charge in [0.25, 0.3) is 0 Å². The molecule has 2 heterocycles. The van der Waals surface area contributed by atoms with Crippen molar-refractivity contribution >= 4 is 5.97 Å². The van der Waals surface area contributed by atoms with Gasteiger partial charge in [0.05, 0.1) is 13.0 Å². The number of hydrogen-bond acceptors (Lipinski definition) is 4. The molecule has 82 valence electrons. The molecule has 1 aliphatic heterocycles. The molecule has 0 atom stereocenters. The number of carbonyl (C=O) groups is 1. The van der Waals surface area contributed by atoms with Crippen molar-refractivity contribution in [1.29, 1.82) is 0 Å². The minimum absolute atomic E-state index is 0.273. The van der Waals surface area contributed by atoms with Gasteiger partial charge in [-0.1, -0.05) is 0 Å². The predicted molar refractivity (Wildman–Crippen MR) is 52.0 cm³/mol. The van der Waals surface area contributed by atoms with Crippen LogP contribution in [0.1, 0.15) is 12.2 Å². The molecule has 1 fully saturated rings. The van der Waals surface area contributed by atoms with Crippen LogP contribution in [0.15, 0.2) is 6.33 Å². The van der Waals surface area contributed by atoms with E-state index in [1.165, 1.54) is 0 Å². The van der Waals surface area contributed by atoms with E-state index < -0.39 is 5.97 Å². The lowest BCUT2D eigenvalue weighted by atomic mass is 9.96. The zero-order chi connectivity index (χ0) is 10.8. The molecule has 0 aromatic carbocycles. The molecule has 0 saturated carbocycles. The van der Waals surface area contributed by atoms with Crippen molar-refractivity contribution in [2.75, 3.05) is 13.1 Å². The second kappa shape index (κ2) is 3.98. The third kappa shape index (κ3) is 2.33. The molecule has 6 nitrogen and oxygen atoms in total. The number of carboxylic acid groups (broad SMARTS) is 1. The van der Waals surface area contributed by atoms with E-state index in [9.17, 15) is 4.79 Å². The van der Waals surface area contributed by atoms with Crippen LogP contribution in [0.2, 0.25) is 0 Å². The fraction of sp³-hybridized carbons (Fsp3) is 0.667. The van der Waals surface area contributed by atoms with Gasteiger partial charge in [-0.3, -0.25) is 9.69 Å². The van der Waals surface area contributed by atoms with Crippen LogP contribution in [0, 0.1) is 5.92 Å². The lowest BCUT2D eigenvalue weighted by molar-refractivity contribution is -0.139. The van der Waals surface area contributed by atoms with E-state index in [0.717, 1.165) is 25.5 Å². The summed E-state index contributed by atoms with van der Waals surface area (Å²) >= 11 is 0. The second-order valence-electron chi connectivity index (χ2n) is 4.02. The maximum atomic E-state index is 10.4. The Morgan fingerprint density at radius 3 is 2.93 bits per heavy atom. The fourth-order valence-electron chi connectivity index (χ4n) is 1.83. The van der Waals surface area contributed by atoms with Gasteiger partial charge in [0.2, 0.25) is 0 Å². The Balaban J connectivity index is 1.77. The first-order chi connectivity index (χ1) is 7.15. The first-order valence-corrected chi connectivity index (χ1v) is 4.92. The van der Waals surface area contributed by atoms with Gasteiger partial charge in [0, 0.05) is 20.1 Å². The van der Waals surface area contributed by atoms with Gasteiger partial charge in [-0.2, -0.15) is 0 Å². The smallest absolute Gasteiger partial charge is 0.303 e. The van der Waals surface area contributed by atoms with Crippen LogP contribution in [0.25, 0.3) is 0 Å². The van der Waals surface area contributed by atoms with Gasteiger partial charge >= 0.3 is 5.97 Å². The minimum atomic E-state index is -0.710. The van der Waals surface area contributed by atoms with Gasteiger partial charge < -0.3 is 9.67 Å². The SMILES string of the molecule is Cn1cnnc1CN1CC(CC(=O)O)C1. The van der Waals surface area contributed by atoms with Crippen molar-refractivity contribution in [3.05, 3.63) is 12.2 Å². The van der Waals surface area contributed by atoms with Gasteiger partial charge in [-0.15, -0.1) is 10.2 Å². The Kier molecular flexibility index (Phi) is 2.68. The van der Waals surface area contributed by atoms with E-state index >= 15 is 0 Å². The molecular formula is C9H14N4O2. The Hall–Kier alpha value is -1.43. The number of carboxylic acids is 1. The van der Waals surface area contributed by atoms with E-state index in [4.69, 9.17) is 5.11 Å². The van der Waals surface area contributed by atoms with Gasteiger partial charge in [0.1, 0.15) is 12.2 Å². The molecular weight excluding hydrogens is 196 g/mol. The lowest BCUT2D eigenvalue weighted by Gasteiger charge is -2.38. The zero-order valence-corrected chi connectivity index (χ0v) is 8.63. The number of nitrogens with zero attached hydrogens (tertiary/aromatic N) is 4. The Morgan fingerprint density at radius 1 is 1.67 bits per heavy atom. The summed E-state index contributed by atoms with van der Waals surface area (Å²) in [4.78, 5) is 12.6. The average molecular weight is 210 g/mol. The van der Waals surface area contributed by atoms with Crippen molar-refractivity contribution < 1.29 is 9.90 Å².